The lowest BCUT2D eigenvalue weighted by Crippen LogP contribution is -2.34. The van der Waals surface area contributed by atoms with E-state index < -0.39 is 6.04 Å². The summed E-state index contributed by atoms with van der Waals surface area (Å²) in [6.45, 7) is 1.80. The van der Waals surface area contributed by atoms with Crippen molar-refractivity contribution in [2.24, 2.45) is 5.10 Å². The molecule has 26 heavy (non-hydrogen) atoms. The molecule has 0 heterocycles. The smallest absolute Gasteiger partial charge is 0.262 e. The quantitative estimate of drug-likeness (QED) is 0.527. The predicted octanol–water partition coefficient (Wildman–Crippen LogP) is 3.80. The van der Waals surface area contributed by atoms with Gasteiger partial charge in [0.1, 0.15) is 11.8 Å². The van der Waals surface area contributed by atoms with Gasteiger partial charge >= 0.3 is 0 Å². The fourth-order valence-corrected chi connectivity index (χ4v) is 2.55. The summed E-state index contributed by atoms with van der Waals surface area (Å²) in [4.78, 5) is 12.2. The molecule has 1 atom stereocenters. The van der Waals surface area contributed by atoms with Crippen LogP contribution in [-0.4, -0.2) is 25.3 Å². The summed E-state index contributed by atoms with van der Waals surface area (Å²) < 4.78 is 5.10. The Morgan fingerprint density at radius 1 is 1.04 bits per heavy atom. The van der Waals surface area contributed by atoms with Gasteiger partial charge in [0.15, 0.2) is 0 Å². The van der Waals surface area contributed by atoms with Crippen molar-refractivity contribution in [2.45, 2.75) is 13.0 Å². The van der Waals surface area contributed by atoms with E-state index in [1.807, 2.05) is 60.7 Å². The molecule has 1 amide bonds. The average molecular weight is 347 g/mol. The first-order valence-corrected chi connectivity index (χ1v) is 8.38. The van der Waals surface area contributed by atoms with Crippen molar-refractivity contribution in [1.82, 2.24) is 5.43 Å². The van der Waals surface area contributed by atoms with Crippen LogP contribution in [0.2, 0.25) is 0 Å². The first-order chi connectivity index (χ1) is 12.7. The summed E-state index contributed by atoms with van der Waals surface area (Å²) in [5, 5.41) is 9.49. The zero-order chi connectivity index (χ0) is 18.4. The summed E-state index contributed by atoms with van der Waals surface area (Å²) in [7, 11) is 1.62. The molecule has 5 nitrogen and oxygen atoms in total. The van der Waals surface area contributed by atoms with Crippen molar-refractivity contribution in [1.29, 1.82) is 0 Å². The molecular weight excluding hydrogens is 326 g/mol. The van der Waals surface area contributed by atoms with Crippen LogP contribution >= 0.6 is 0 Å². The molecule has 1 unspecified atom stereocenters. The lowest BCUT2D eigenvalue weighted by atomic mass is 10.1. The molecule has 0 bridgehead atoms. The molecule has 132 valence electrons. The minimum atomic E-state index is -0.413. The molecule has 2 N–H and O–H groups in total. The van der Waals surface area contributed by atoms with Gasteiger partial charge in [-0.3, -0.25) is 4.79 Å². The molecule has 0 aromatic heterocycles. The van der Waals surface area contributed by atoms with Gasteiger partial charge in [0.05, 0.1) is 13.3 Å². The van der Waals surface area contributed by atoms with Gasteiger partial charge in [-0.2, -0.15) is 5.10 Å². The minimum Gasteiger partial charge on any atom is -0.497 e. The largest absolute Gasteiger partial charge is 0.497 e. The number of hydrazone groups is 1. The van der Waals surface area contributed by atoms with Gasteiger partial charge < -0.3 is 10.1 Å². The second-order valence-corrected chi connectivity index (χ2v) is 5.94. The SMILES string of the molecule is COc1ccc(/C=N/NC(=O)C(C)Nc2ccc3ccccc3c2)cc1. The number of nitrogens with zero attached hydrogens (tertiary/aromatic N) is 1. The van der Waals surface area contributed by atoms with Crippen LogP contribution in [-0.2, 0) is 4.79 Å². The van der Waals surface area contributed by atoms with Crippen molar-refractivity contribution in [2.75, 3.05) is 12.4 Å². The maximum Gasteiger partial charge on any atom is 0.262 e. The molecule has 0 saturated heterocycles. The van der Waals surface area contributed by atoms with Gasteiger partial charge in [0.2, 0.25) is 0 Å². The van der Waals surface area contributed by atoms with Crippen molar-refractivity contribution in [3.05, 3.63) is 72.3 Å². The summed E-state index contributed by atoms with van der Waals surface area (Å²) in [5.41, 5.74) is 4.32. The maximum absolute atomic E-state index is 12.2. The third-order valence-corrected chi connectivity index (χ3v) is 4.03. The zero-order valence-electron chi connectivity index (χ0n) is 14.8. The number of amides is 1. The second kappa shape index (κ2) is 8.16. The van der Waals surface area contributed by atoms with Crippen molar-refractivity contribution >= 4 is 28.6 Å². The van der Waals surface area contributed by atoms with Crippen LogP contribution in [0.15, 0.2) is 71.8 Å². The van der Waals surface area contributed by atoms with Gasteiger partial charge in [0, 0.05) is 5.69 Å². The summed E-state index contributed by atoms with van der Waals surface area (Å²) in [6, 6.07) is 21.1. The van der Waals surface area contributed by atoms with Gasteiger partial charge in [-0.05, 0) is 59.7 Å². The molecule has 3 aromatic carbocycles. The van der Waals surface area contributed by atoms with Crippen LogP contribution in [0, 0.1) is 0 Å². The molecule has 3 aromatic rings. The van der Waals surface area contributed by atoms with Gasteiger partial charge in [-0.1, -0.05) is 30.3 Å². The van der Waals surface area contributed by atoms with Crippen LogP contribution in [0.3, 0.4) is 0 Å². The maximum atomic E-state index is 12.2. The molecular formula is C21H21N3O2. The molecule has 0 aliphatic rings. The average Bonchev–Trinajstić information content (AvgIpc) is 2.68. The Bertz CT molecular complexity index is 920. The topological polar surface area (TPSA) is 62.7 Å². The molecule has 0 aliphatic heterocycles. The number of fused-ring (bicyclic) bond motifs is 1. The highest BCUT2D eigenvalue weighted by atomic mass is 16.5. The van der Waals surface area contributed by atoms with E-state index in [4.69, 9.17) is 4.74 Å². The van der Waals surface area contributed by atoms with Crippen LogP contribution in [0.5, 0.6) is 5.75 Å². The van der Waals surface area contributed by atoms with E-state index in [0.717, 1.165) is 22.4 Å². The number of rotatable bonds is 6. The lowest BCUT2D eigenvalue weighted by Gasteiger charge is -2.14. The number of anilines is 1. The van der Waals surface area contributed by atoms with E-state index in [0.29, 0.717) is 0 Å². The fraction of sp³-hybridized carbons (Fsp3) is 0.143. The highest BCUT2D eigenvalue weighted by Gasteiger charge is 2.11. The van der Waals surface area contributed by atoms with Crippen molar-refractivity contribution in [3.63, 3.8) is 0 Å². The number of benzene rings is 3. The van der Waals surface area contributed by atoms with E-state index in [1.54, 1.807) is 20.2 Å². The molecule has 0 spiro atoms. The number of hydrogen-bond acceptors (Lipinski definition) is 4. The van der Waals surface area contributed by atoms with Gasteiger partial charge in [-0.25, -0.2) is 5.43 Å². The Labute approximate surface area is 152 Å². The number of nitrogens with one attached hydrogen (secondary N) is 2. The predicted molar refractivity (Wildman–Crippen MR) is 106 cm³/mol. The van der Waals surface area contributed by atoms with Crippen LogP contribution in [0.4, 0.5) is 5.69 Å². The van der Waals surface area contributed by atoms with E-state index in [1.165, 1.54) is 5.39 Å². The number of carbonyl (C=O) groups excluding carboxylic acids is 1. The van der Waals surface area contributed by atoms with E-state index >= 15 is 0 Å². The Hall–Kier alpha value is -3.34. The normalized spacial score (nSPS) is 12.1. The zero-order valence-corrected chi connectivity index (χ0v) is 14.8. The Balaban J connectivity index is 1.57. The monoisotopic (exact) mass is 347 g/mol. The fourth-order valence-electron chi connectivity index (χ4n) is 2.55. The van der Waals surface area contributed by atoms with Crippen molar-refractivity contribution in [3.8, 4) is 5.75 Å². The minimum absolute atomic E-state index is 0.206. The van der Waals surface area contributed by atoms with Crippen LogP contribution in [0.1, 0.15) is 12.5 Å². The van der Waals surface area contributed by atoms with E-state index in [2.05, 4.69) is 21.9 Å². The number of ether oxygens (including phenoxy) is 1. The van der Waals surface area contributed by atoms with Gasteiger partial charge in [-0.15, -0.1) is 0 Å². The highest BCUT2D eigenvalue weighted by Crippen LogP contribution is 2.19. The number of methoxy groups -OCH3 is 1. The van der Waals surface area contributed by atoms with E-state index in [-0.39, 0.29) is 5.91 Å². The summed E-state index contributed by atoms with van der Waals surface area (Å²) in [5.74, 6) is 0.572. The second-order valence-electron chi connectivity index (χ2n) is 5.94. The Morgan fingerprint density at radius 3 is 2.50 bits per heavy atom. The molecule has 0 aliphatic carbocycles. The molecule has 3 rings (SSSR count). The highest BCUT2D eigenvalue weighted by molar-refractivity contribution is 5.89. The summed E-state index contributed by atoms with van der Waals surface area (Å²) >= 11 is 0. The lowest BCUT2D eigenvalue weighted by molar-refractivity contribution is -0.121. The standard InChI is InChI=1S/C21H21N3O2/c1-15(23-19-10-9-17-5-3-4-6-18(17)13-19)21(25)24-22-14-16-7-11-20(26-2)12-8-16/h3-15,23H,1-2H3,(H,24,25)/b22-14+. The number of carbonyl (C=O) groups is 1. The first kappa shape index (κ1) is 17.5. The first-order valence-electron chi connectivity index (χ1n) is 8.38. The van der Waals surface area contributed by atoms with E-state index in [9.17, 15) is 4.79 Å². The van der Waals surface area contributed by atoms with Crippen molar-refractivity contribution < 1.29 is 9.53 Å². The van der Waals surface area contributed by atoms with Crippen LogP contribution < -0.4 is 15.5 Å². The molecule has 0 saturated carbocycles. The molecule has 5 heteroatoms. The molecule has 0 radical (unpaired) electrons. The Morgan fingerprint density at radius 2 is 1.77 bits per heavy atom. The third kappa shape index (κ3) is 4.39. The summed E-state index contributed by atoms with van der Waals surface area (Å²) in [6.07, 6.45) is 1.60. The number of hydrogen-bond donors (Lipinski definition) is 2. The van der Waals surface area contributed by atoms with Crippen LogP contribution in [0.25, 0.3) is 10.8 Å². The third-order valence-electron chi connectivity index (χ3n) is 4.03. The molecule has 0 fully saturated rings. The Kier molecular flexibility index (Phi) is 5.49. The van der Waals surface area contributed by atoms with Gasteiger partial charge in [0.25, 0.3) is 5.91 Å².